The van der Waals surface area contributed by atoms with Crippen molar-refractivity contribution >= 4 is 11.9 Å². The Bertz CT molecular complexity index is 430. The van der Waals surface area contributed by atoms with E-state index in [0.29, 0.717) is 13.0 Å². The number of rotatable bonds is 3. The summed E-state index contributed by atoms with van der Waals surface area (Å²) in [5.74, 6) is -0.688. The van der Waals surface area contributed by atoms with E-state index in [0.717, 1.165) is 5.56 Å². The molecule has 0 bridgehead atoms. The Labute approximate surface area is 100.0 Å². The minimum atomic E-state index is -1.02. The Balaban J connectivity index is 1.96. The average Bonchev–Trinajstić information content (AvgIpc) is 2.69. The molecule has 1 saturated heterocycles. The van der Waals surface area contributed by atoms with Gasteiger partial charge in [0, 0.05) is 6.54 Å². The fourth-order valence-electron chi connectivity index (χ4n) is 1.81. The van der Waals surface area contributed by atoms with Crippen LogP contribution in [0.2, 0.25) is 0 Å². The summed E-state index contributed by atoms with van der Waals surface area (Å²) < 4.78 is 5.19. The standard InChI is InChI=1S/C13H15NO3/c1-13(7-8-14-11(13)15)12(16)17-9-10-5-3-2-4-6-10/h2-6H,7-9H2,1H3,(H,14,15)/t13-/m0/s1. The molecule has 1 N–H and O–H groups in total. The zero-order valence-corrected chi connectivity index (χ0v) is 9.73. The molecule has 4 heteroatoms. The van der Waals surface area contributed by atoms with Crippen molar-refractivity contribution in [2.75, 3.05) is 6.54 Å². The van der Waals surface area contributed by atoms with Crippen LogP contribution < -0.4 is 5.32 Å². The largest absolute Gasteiger partial charge is 0.460 e. The third kappa shape index (κ3) is 2.30. The highest BCUT2D eigenvalue weighted by Crippen LogP contribution is 2.27. The van der Waals surface area contributed by atoms with Crippen LogP contribution in [0.25, 0.3) is 0 Å². The summed E-state index contributed by atoms with van der Waals surface area (Å²) in [5, 5.41) is 2.65. The van der Waals surface area contributed by atoms with Gasteiger partial charge in [-0.15, -0.1) is 0 Å². The van der Waals surface area contributed by atoms with Crippen molar-refractivity contribution in [2.24, 2.45) is 5.41 Å². The number of nitrogens with one attached hydrogen (secondary N) is 1. The van der Waals surface area contributed by atoms with Crippen molar-refractivity contribution in [1.82, 2.24) is 5.32 Å². The monoisotopic (exact) mass is 233 g/mol. The third-order valence-corrected chi connectivity index (χ3v) is 3.07. The molecule has 1 amide bonds. The zero-order chi connectivity index (χ0) is 12.3. The summed E-state index contributed by atoms with van der Waals surface area (Å²) in [6.45, 7) is 2.38. The molecule has 1 heterocycles. The Hall–Kier alpha value is -1.84. The molecule has 1 atom stereocenters. The molecule has 1 aromatic rings. The fourth-order valence-corrected chi connectivity index (χ4v) is 1.81. The van der Waals surface area contributed by atoms with Crippen molar-refractivity contribution in [3.05, 3.63) is 35.9 Å². The summed E-state index contributed by atoms with van der Waals surface area (Å²) in [5.41, 5.74) is -0.0998. The van der Waals surface area contributed by atoms with E-state index in [1.165, 1.54) is 0 Å². The Kier molecular flexibility index (Phi) is 3.13. The smallest absolute Gasteiger partial charge is 0.321 e. The van der Waals surface area contributed by atoms with Gasteiger partial charge in [-0.05, 0) is 18.9 Å². The first kappa shape index (κ1) is 11.6. The molecule has 1 aliphatic rings. The number of hydrogen-bond acceptors (Lipinski definition) is 3. The highest BCUT2D eigenvalue weighted by molar-refractivity contribution is 6.03. The van der Waals surface area contributed by atoms with Crippen LogP contribution in [0.3, 0.4) is 0 Å². The molecule has 0 saturated carbocycles. The van der Waals surface area contributed by atoms with Crippen LogP contribution in [-0.2, 0) is 20.9 Å². The maximum atomic E-state index is 11.9. The summed E-state index contributed by atoms with van der Waals surface area (Å²) in [7, 11) is 0. The van der Waals surface area contributed by atoms with Crippen LogP contribution in [0, 0.1) is 5.41 Å². The lowest BCUT2D eigenvalue weighted by Crippen LogP contribution is -2.37. The second kappa shape index (κ2) is 4.57. The highest BCUT2D eigenvalue weighted by Gasteiger charge is 2.46. The quantitative estimate of drug-likeness (QED) is 0.631. The van der Waals surface area contributed by atoms with E-state index >= 15 is 0 Å². The lowest BCUT2D eigenvalue weighted by Gasteiger charge is -2.18. The van der Waals surface area contributed by atoms with Crippen LogP contribution in [0.15, 0.2) is 30.3 Å². The molecule has 0 spiro atoms. The number of carbonyl (C=O) groups is 2. The molecule has 2 rings (SSSR count). The van der Waals surface area contributed by atoms with E-state index in [-0.39, 0.29) is 12.5 Å². The zero-order valence-electron chi connectivity index (χ0n) is 9.73. The second-order valence-electron chi connectivity index (χ2n) is 4.40. The van der Waals surface area contributed by atoms with E-state index < -0.39 is 11.4 Å². The number of esters is 1. The molecular weight excluding hydrogens is 218 g/mol. The van der Waals surface area contributed by atoms with Gasteiger partial charge in [0.05, 0.1) is 0 Å². The van der Waals surface area contributed by atoms with E-state index in [9.17, 15) is 9.59 Å². The molecule has 90 valence electrons. The molecule has 1 fully saturated rings. The first-order chi connectivity index (χ1) is 8.13. The summed E-state index contributed by atoms with van der Waals surface area (Å²) >= 11 is 0. The van der Waals surface area contributed by atoms with Gasteiger partial charge in [-0.25, -0.2) is 0 Å². The van der Waals surface area contributed by atoms with E-state index in [2.05, 4.69) is 5.32 Å². The van der Waals surface area contributed by atoms with Crippen molar-refractivity contribution in [3.8, 4) is 0 Å². The first-order valence-corrected chi connectivity index (χ1v) is 5.62. The molecule has 0 radical (unpaired) electrons. The molecular formula is C13H15NO3. The van der Waals surface area contributed by atoms with Crippen LogP contribution in [0.5, 0.6) is 0 Å². The summed E-state index contributed by atoms with van der Waals surface area (Å²) in [4.78, 5) is 23.4. The summed E-state index contributed by atoms with van der Waals surface area (Å²) in [6.07, 6.45) is 0.499. The lowest BCUT2D eigenvalue weighted by molar-refractivity contribution is -0.159. The van der Waals surface area contributed by atoms with Gasteiger partial charge in [0.2, 0.25) is 5.91 Å². The topological polar surface area (TPSA) is 55.4 Å². The minimum absolute atomic E-state index is 0.211. The van der Waals surface area contributed by atoms with Gasteiger partial charge in [-0.2, -0.15) is 0 Å². The molecule has 0 unspecified atom stereocenters. The predicted molar refractivity (Wildman–Crippen MR) is 62.0 cm³/mol. The van der Waals surface area contributed by atoms with E-state index in [4.69, 9.17) is 4.74 Å². The van der Waals surface area contributed by atoms with Gasteiger partial charge in [-0.1, -0.05) is 30.3 Å². The van der Waals surface area contributed by atoms with Gasteiger partial charge in [0.1, 0.15) is 12.0 Å². The molecule has 17 heavy (non-hydrogen) atoms. The maximum Gasteiger partial charge on any atom is 0.321 e. The Morgan fingerprint density at radius 2 is 2.12 bits per heavy atom. The number of benzene rings is 1. The van der Waals surface area contributed by atoms with Crippen LogP contribution in [-0.4, -0.2) is 18.4 Å². The van der Waals surface area contributed by atoms with Crippen molar-refractivity contribution in [3.63, 3.8) is 0 Å². The van der Waals surface area contributed by atoms with Gasteiger partial charge < -0.3 is 10.1 Å². The number of amides is 1. The van der Waals surface area contributed by atoms with Crippen molar-refractivity contribution in [1.29, 1.82) is 0 Å². The maximum absolute atomic E-state index is 11.9. The second-order valence-corrected chi connectivity index (χ2v) is 4.40. The number of hydrogen-bond donors (Lipinski definition) is 1. The Morgan fingerprint density at radius 1 is 1.41 bits per heavy atom. The normalized spacial score (nSPS) is 23.2. The van der Waals surface area contributed by atoms with Crippen LogP contribution >= 0.6 is 0 Å². The van der Waals surface area contributed by atoms with E-state index in [1.54, 1.807) is 6.92 Å². The molecule has 1 aliphatic heterocycles. The predicted octanol–water partition coefficient (Wildman–Crippen LogP) is 1.26. The average molecular weight is 233 g/mol. The van der Waals surface area contributed by atoms with E-state index in [1.807, 2.05) is 30.3 Å². The van der Waals surface area contributed by atoms with Crippen LogP contribution in [0.4, 0.5) is 0 Å². The number of ether oxygens (including phenoxy) is 1. The molecule has 0 aliphatic carbocycles. The molecule has 0 aromatic heterocycles. The SMILES string of the molecule is C[C@]1(C(=O)OCc2ccccc2)CCNC1=O. The fraction of sp³-hybridized carbons (Fsp3) is 0.385. The van der Waals surface area contributed by atoms with Gasteiger partial charge in [0.15, 0.2) is 0 Å². The minimum Gasteiger partial charge on any atom is -0.460 e. The van der Waals surface area contributed by atoms with Crippen LogP contribution in [0.1, 0.15) is 18.9 Å². The van der Waals surface area contributed by atoms with Gasteiger partial charge in [-0.3, -0.25) is 9.59 Å². The summed E-state index contributed by atoms with van der Waals surface area (Å²) in [6, 6.07) is 9.42. The first-order valence-electron chi connectivity index (χ1n) is 5.62. The molecule has 4 nitrogen and oxygen atoms in total. The molecule has 1 aromatic carbocycles. The van der Waals surface area contributed by atoms with Gasteiger partial charge >= 0.3 is 5.97 Å². The van der Waals surface area contributed by atoms with Gasteiger partial charge in [0.25, 0.3) is 0 Å². The van der Waals surface area contributed by atoms with Crippen molar-refractivity contribution in [2.45, 2.75) is 20.0 Å². The number of carbonyl (C=O) groups excluding carboxylic acids is 2. The lowest BCUT2D eigenvalue weighted by atomic mass is 9.89. The Morgan fingerprint density at radius 3 is 2.71 bits per heavy atom. The van der Waals surface area contributed by atoms with Crippen molar-refractivity contribution < 1.29 is 14.3 Å². The third-order valence-electron chi connectivity index (χ3n) is 3.07. The highest BCUT2D eigenvalue weighted by atomic mass is 16.5.